The van der Waals surface area contributed by atoms with Gasteiger partial charge in [-0.1, -0.05) is 0 Å². The third-order valence-corrected chi connectivity index (χ3v) is 3.82. The summed E-state index contributed by atoms with van der Waals surface area (Å²) in [7, 11) is 3.50. The van der Waals surface area contributed by atoms with E-state index in [0.29, 0.717) is 6.54 Å². The molecular formula is C14H25N3O2. The van der Waals surface area contributed by atoms with E-state index in [4.69, 9.17) is 4.74 Å². The lowest BCUT2D eigenvalue weighted by atomic mass is 9.83. The van der Waals surface area contributed by atoms with E-state index in [0.717, 1.165) is 23.4 Å². The summed E-state index contributed by atoms with van der Waals surface area (Å²) >= 11 is 0. The Morgan fingerprint density at radius 2 is 2.16 bits per heavy atom. The summed E-state index contributed by atoms with van der Waals surface area (Å²) in [6, 6.07) is 0. The number of rotatable bonds is 6. The van der Waals surface area contributed by atoms with Crippen molar-refractivity contribution < 1.29 is 9.53 Å². The second-order valence-corrected chi connectivity index (χ2v) is 4.81. The molecule has 1 heterocycles. The van der Waals surface area contributed by atoms with Crippen molar-refractivity contribution in [3.05, 3.63) is 23.0 Å². The Bertz CT molecular complexity index is 415. The predicted molar refractivity (Wildman–Crippen MR) is 76.3 cm³/mol. The van der Waals surface area contributed by atoms with Crippen LogP contribution in [0.25, 0.3) is 0 Å². The van der Waals surface area contributed by atoms with Crippen LogP contribution in [0.5, 0.6) is 0 Å². The highest BCUT2D eigenvalue weighted by molar-refractivity contribution is 5.94. The van der Waals surface area contributed by atoms with Crippen LogP contribution in [0.15, 0.2) is 23.0 Å². The van der Waals surface area contributed by atoms with Crippen molar-refractivity contribution in [3.8, 4) is 0 Å². The van der Waals surface area contributed by atoms with Gasteiger partial charge in [0.05, 0.1) is 5.70 Å². The number of Topliss-reactive ketones (excluding diaryl/α,β-unsaturated/α-hetero) is 1. The summed E-state index contributed by atoms with van der Waals surface area (Å²) < 4.78 is 5.70. The fraction of sp³-hybridized carbons (Fsp3) is 0.643. The smallest absolute Gasteiger partial charge is 0.176 e. The van der Waals surface area contributed by atoms with E-state index in [9.17, 15) is 4.79 Å². The molecule has 0 aromatic carbocycles. The van der Waals surface area contributed by atoms with Crippen LogP contribution in [0.2, 0.25) is 0 Å². The fourth-order valence-electron chi connectivity index (χ4n) is 2.46. The minimum absolute atomic E-state index is 0.0690. The summed E-state index contributed by atoms with van der Waals surface area (Å²) in [6.07, 6.45) is 2.01. The molecule has 0 aromatic heterocycles. The van der Waals surface area contributed by atoms with E-state index in [1.165, 1.54) is 0 Å². The van der Waals surface area contributed by atoms with Gasteiger partial charge in [-0.2, -0.15) is 0 Å². The van der Waals surface area contributed by atoms with Crippen LogP contribution in [0.1, 0.15) is 27.7 Å². The molecule has 5 nitrogen and oxygen atoms in total. The van der Waals surface area contributed by atoms with Gasteiger partial charge < -0.3 is 9.64 Å². The Kier molecular flexibility index (Phi) is 5.29. The SMILES string of the molecule is CCN1C=C(CNNC)C(C)(OC)C(C)=C1C(C)=O. The summed E-state index contributed by atoms with van der Waals surface area (Å²) in [5.41, 5.74) is 8.24. The lowest BCUT2D eigenvalue weighted by Gasteiger charge is -2.40. The third-order valence-electron chi connectivity index (χ3n) is 3.82. The number of hydrogen-bond acceptors (Lipinski definition) is 5. The van der Waals surface area contributed by atoms with Crippen LogP contribution in [-0.2, 0) is 9.53 Å². The Labute approximate surface area is 115 Å². The molecule has 0 spiro atoms. The van der Waals surface area contributed by atoms with E-state index >= 15 is 0 Å². The maximum absolute atomic E-state index is 11.9. The summed E-state index contributed by atoms with van der Waals surface area (Å²) in [4.78, 5) is 13.9. The molecule has 5 heteroatoms. The third kappa shape index (κ3) is 2.88. The maximum Gasteiger partial charge on any atom is 0.176 e. The van der Waals surface area contributed by atoms with Gasteiger partial charge in [0.25, 0.3) is 0 Å². The Morgan fingerprint density at radius 1 is 1.53 bits per heavy atom. The molecule has 0 aromatic rings. The number of carbonyl (C=O) groups is 1. The van der Waals surface area contributed by atoms with Crippen molar-refractivity contribution in [3.63, 3.8) is 0 Å². The van der Waals surface area contributed by atoms with Crippen molar-refractivity contribution in [2.75, 3.05) is 27.2 Å². The van der Waals surface area contributed by atoms with Gasteiger partial charge in [-0.3, -0.25) is 15.6 Å². The van der Waals surface area contributed by atoms with E-state index in [1.54, 1.807) is 14.0 Å². The number of allylic oxidation sites excluding steroid dienone is 1. The number of methoxy groups -OCH3 is 1. The topological polar surface area (TPSA) is 53.6 Å². The molecule has 2 N–H and O–H groups in total. The van der Waals surface area contributed by atoms with Gasteiger partial charge in [0, 0.05) is 33.3 Å². The highest BCUT2D eigenvalue weighted by atomic mass is 16.5. The zero-order chi connectivity index (χ0) is 14.6. The maximum atomic E-state index is 11.9. The quantitative estimate of drug-likeness (QED) is 0.708. The van der Waals surface area contributed by atoms with E-state index in [1.807, 2.05) is 38.9 Å². The molecule has 0 aliphatic carbocycles. The number of nitrogens with zero attached hydrogens (tertiary/aromatic N) is 1. The normalized spacial score (nSPS) is 23.7. The van der Waals surface area contributed by atoms with Gasteiger partial charge in [0.2, 0.25) is 0 Å². The van der Waals surface area contributed by atoms with Crippen LogP contribution >= 0.6 is 0 Å². The van der Waals surface area contributed by atoms with E-state index < -0.39 is 5.60 Å². The molecule has 0 radical (unpaired) electrons. The number of ketones is 1. The minimum Gasteiger partial charge on any atom is -0.370 e. The van der Waals surface area contributed by atoms with Crippen molar-refractivity contribution >= 4 is 5.78 Å². The van der Waals surface area contributed by atoms with Crippen LogP contribution < -0.4 is 10.9 Å². The standard InChI is InChI=1S/C14H25N3O2/c1-7-17-9-12(8-16-15-5)14(4,19-6)10(2)13(17)11(3)18/h9,15-16H,7-8H2,1-6H3. The average Bonchev–Trinajstić information content (AvgIpc) is 2.39. The first kappa shape index (κ1) is 15.9. The van der Waals surface area contributed by atoms with Gasteiger partial charge in [-0.05, 0) is 39.0 Å². The lowest BCUT2D eigenvalue weighted by molar-refractivity contribution is -0.115. The molecule has 0 saturated heterocycles. The van der Waals surface area contributed by atoms with Crippen molar-refractivity contribution in [1.29, 1.82) is 0 Å². The lowest BCUT2D eigenvalue weighted by Crippen LogP contribution is -2.45. The molecule has 1 aliphatic rings. The first-order chi connectivity index (χ1) is 8.92. The molecule has 1 unspecified atom stereocenters. The minimum atomic E-state index is -0.545. The van der Waals surface area contributed by atoms with Crippen molar-refractivity contribution in [1.82, 2.24) is 15.8 Å². The number of hydrazine groups is 1. The Morgan fingerprint density at radius 3 is 2.58 bits per heavy atom. The number of hydrogen-bond donors (Lipinski definition) is 2. The van der Waals surface area contributed by atoms with Gasteiger partial charge in [-0.15, -0.1) is 0 Å². The van der Waals surface area contributed by atoms with E-state index in [2.05, 4.69) is 10.9 Å². The molecule has 0 fully saturated rings. The molecule has 1 rings (SSSR count). The van der Waals surface area contributed by atoms with E-state index in [-0.39, 0.29) is 5.78 Å². The first-order valence-electron chi connectivity index (χ1n) is 6.57. The fourth-order valence-corrected chi connectivity index (χ4v) is 2.46. The molecule has 0 saturated carbocycles. The highest BCUT2D eigenvalue weighted by Gasteiger charge is 2.38. The Hall–Kier alpha value is -1.17. The average molecular weight is 267 g/mol. The van der Waals surface area contributed by atoms with Crippen LogP contribution in [-0.4, -0.2) is 43.5 Å². The number of nitrogens with one attached hydrogen (secondary N) is 2. The molecule has 108 valence electrons. The summed E-state index contributed by atoms with van der Waals surface area (Å²) in [6.45, 7) is 9.01. The van der Waals surface area contributed by atoms with Crippen molar-refractivity contribution in [2.24, 2.45) is 0 Å². The summed E-state index contributed by atoms with van der Waals surface area (Å²) in [5, 5.41) is 0. The highest BCUT2D eigenvalue weighted by Crippen LogP contribution is 2.36. The number of carbonyl (C=O) groups excluding carboxylic acids is 1. The number of likely N-dealkylation sites (N-methyl/N-ethyl adjacent to an activating group) is 1. The molecular weight excluding hydrogens is 242 g/mol. The molecule has 0 bridgehead atoms. The van der Waals surface area contributed by atoms with Gasteiger partial charge in [0.15, 0.2) is 5.78 Å². The van der Waals surface area contributed by atoms with Crippen molar-refractivity contribution in [2.45, 2.75) is 33.3 Å². The van der Waals surface area contributed by atoms with Crippen LogP contribution in [0, 0.1) is 0 Å². The largest absolute Gasteiger partial charge is 0.370 e. The monoisotopic (exact) mass is 267 g/mol. The number of ether oxygens (including phenoxy) is 1. The second kappa shape index (κ2) is 6.32. The summed E-state index contributed by atoms with van der Waals surface area (Å²) in [5.74, 6) is 0.0690. The molecule has 1 atom stereocenters. The molecule has 19 heavy (non-hydrogen) atoms. The van der Waals surface area contributed by atoms with Gasteiger partial charge in [0.1, 0.15) is 5.60 Å². The van der Waals surface area contributed by atoms with Gasteiger partial charge in [-0.25, -0.2) is 0 Å². The zero-order valence-electron chi connectivity index (χ0n) is 12.8. The molecule has 0 amide bonds. The van der Waals surface area contributed by atoms with Crippen LogP contribution in [0.3, 0.4) is 0 Å². The van der Waals surface area contributed by atoms with Crippen LogP contribution in [0.4, 0.5) is 0 Å². The first-order valence-corrected chi connectivity index (χ1v) is 6.57. The zero-order valence-corrected chi connectivity index (χ0v) is 12.8. The predicted octanol–water partition coefficient (Wildman–Crippen LogP) is 1.20. The molecule has 1 aliphatic heterocycles. The second-order valence-electron chi connectivity index (χ2n) is 4.81. The van der Waals surface area contributed by atoms with Gasteiger partial charge >= 0.3 is 0 Å². The Balaban J connectivity index is 3.26.